The van der Waals surface area contributed by atoms with Crippen molar-refractivity contribution in [1.29, 1.82) is 0 Å². The van der Waals surface area contributed by atoms with Gasteiger partial charge >= 0.3 is 0 Å². The van der Waals surface area contributed by atoms with E-state index < -0.39 is 0 Å². The molecule has 1 spiro atoms. The Hall–Kier alpha value is -2.14. The number of hydrogen-bond donors (Lipinski definition) is 1. The minimum atomic E-state index is -0.252. The van der Waals surface area contributed by atoms with Gasteiger partial charge in [0.1, 0.15) is 5.75 Å². The van der Waals surface area contributed by atoms with Gasteiger partial charge in [0.15, 0.2) is 5.78 Å². The summed E-state index contributed by atoms with van der Waals surface area (Å²) in [4.78, 5) is 12.2. The molecule has 30 heavy (non-hydrogen) atoms. The first-order chi connectivity index (χ1) is 14.5. The van der Waals surface area contributed by atoms with Crippen molar-refractivity contribution in [2.45, 2.75) is 44.9 Å². The fraction of sp³-hybridized carbons (Fsp3) is 0.400. The molecule has 1 unspecified atom stereocenters. The van der Waals surface area contributed by atoms with Crippen LogP contribution in [-0.2, 0) is 28.2 Å². The molecule has 0 bridgehead atoms. The molecule has 4 nitrogen and oxygen atoms in total. The van der Waals surface area contributed by atoms with Crippen LogP contribution in [0.3, 0.4) is 0 Å². The summed E-state index contributed by atoms with van der Waals surface area (Å²) in [6.45, 7) is 4.17. The van der Waals surface area contributed by atoms with Gasteiger partial charge in [0.05, 0.1) is 19.3 Å². The van der Waals surface area contributed by atoms with Gasteiger partial charge in [0, 0.05) is 24.6 Å². The molecule has 2 aliphatic rings. The van der Waals surface area contributed by atoms with E-state index in [4.69, 9.17) is 21.1 Å². The second kappa shape index (κ2) is 8.93. The molecular weight excluding hydrogens is 398 g/mol. The van der Waals surface area contributed by atoms with Crippen molar-refractivity contribution in [3.05, 3.63) is 75.8 Å². The van der Waals surface area contributed by atoms with Crippen molar-refractivity contribution in [2.24, 2.45) is 5.92 Å². The van der Waals surface area contributed by atoms with Crippen molar-refractivity contribution >= 4 is 17.4 Å². The van der Waals surface area contributed by atoms with Crippen molar-refractivity contribution in [1.82, 2.24) is 5.32 Å². The Morgan fingerprint density at radius 1 is 1.20 bits per heavy atom. The summed E-state index contributed by atoms with van der Waals surface area (Å²) in [5, 5.41) is 4.46. The highest BCUT2D eigenvalue weighted by Gasteiger charge is 2.43. The van der Waals surface area contributed by atoms with E-state index in [0.717, 1.165) is 35.7 Å². The minimum absolute atomic E-state index is 0.214. The maximum Gasteiger partial charge on any atom is 0.155 e. The molecule has 4 rings (SSSR count). The van der Waals surface area contributed by atoms with Crippen LogP contribution in [0.15, 0.2) is 54.1 Å². The number of ketones is 1. The molecule has 1 N–H and O–H groups in total. The van der Waals surface area contributed by atoms with E-state index in [9.17, 15) is 4.79 Å². The van der Waals surface area contributed by atoms with Gasteiger partial charge in [-0.25, -0.2) is 0 Å². The largest absolute Gasteiger partial charge is 0.497 e. The van der Waals surface area contributed by atoms with E-state index in [0.29, 0.717) is 25.6 Å². The van der Waals surface area contributed by atoms with Crippen LogP contribution in [0.4, 0.5) is 0 Å². The summed E-state index contributed by atoms with van der Waals surface area (Å²) in [5.41, 5.74) is 4.52. The summed E-state index contributed by atoms with van der Waals surface area (Å²) >= 11 is 6.20. The quantitative estimate of drug-likeness (QED) is 0.664. The van der Waals surface area contributed by atoms with E-state index in [1.165, 1.54) is 16.7 Å². The fourth-order valence-electron chi connectivity index (χ4n) is 4.60. The maximum atomic E-state index is 12.2. The van der Waals surface area contributed by atoms with Gasteiger partial charge in [-0.3, -0.25) is 10.1 Å². The first-order valence-corrected chi connectivity index (χ1v) is 10.9. The molecule has 0 radical (unpaired) electrons. The lowest BCUT2D eigenvalue weighted by molar-refractivity contribution is -0.115. The van der Waals surface area contributed by atoms with Crippen LogP contribution in [0.2, 0.25) is 5.02 Å². The number of carbonyl (C=O) groups excluding carboxylic acids is 1. The average Bonchev–Trinajstić information content (AvgIpc) is 3.10. The molecule has 0 fully saturated rings. The zero-order valence-electron chi connectivity index (χ0n) is 17.5. The monoisotopic (exact) mass is 425 g/mol. The molecule has 0 aromatic heterocycles. The molecule has 158 valence electrons. The van der Waals surface area contributed by atoms with Crippen LogP contribution >= 0.6 is 11.6 Å². The zero-order chi connectivity index (χ0) is 21.1. The molecule has 1 heterocycles. The third-order valence-electron chi connectivity index (χ3n) is 6.14. The lowest BCUT2D eigenvalue weighted by Crippen LogP contribution is -2.42. The van der Waals surface area contributed by atoms with E-state index in [1.54, 1.807) is 7.11 Å². The Kier molecular flexibility index (Phi) is 6.28. The lowest BCUT2D eigenvalue weighted by Gasteiger charge is -2.37. The number of allylic oxidation sites excluding steroid dienone is 1. The Morgan fingerprint density at radius 2 is 2.00 bits per heavy atom. The molecule has 2 atom stereocenters. The summed E-state index contributed by atoms with van der Waals surface area (Å²) in [6, 6.07) is 14.0. The van der Waals surface area contributed by atoms with Crippen LogP contribution in [0.1, 0.15) is 42.9 Å². The number of hydrogen-bond acceptors (Lipinski definition) is 4. The van der Waals surface area contributed by atoms with Gasteiger partial charge in [-0.1, -0.05) is 36.7 Å². The number of carbonyl (C=O) groups is 1. The van der Waals surface area contributed by atoms with Crippen LogP contribution in [0.5, 0.6) is 5.75 Å². The SMILES string of the molecule is COc1ccc(COC[C@H](C)CC2=CC(=O)CCC23NCc2cc(Cl)ccc23)cc1. The number of fused-ring (bicyclic) bond motifs is 2. The number of methoxy groups -OCH3 is 1. The van der Waals surface area contributed by atoms with Crippen molar-refractivity contribution in [3.8, 4) is 5.75 Å². The molecule has 0 saturated carbocycles. The predicted molar refractivity (Wildman–Crippen MR) is 119 cm³/mol. The first kappa shape index (κ1) is 21.1. The molecule has 2 aromatic carbocycles. The Morgan fingerprint density at radius 3 is 2.77 bits per heavy atom. The topological polar surface area (TPSA) is 47.6 Å². The number of nitrogens with one attached hydrogen (secondary N) is 1. The highest BCUT2D eigenvalue weighted by Crippen LogP contribution is 2.45. The fourth-order valence-corrected chi connectivity index (χ4v) is 4.80. The lowest BCUT2D eigenvalue weighted by atomic mass is 9.73. The number of halogens is 1. The summed E-state index contributed by atoms with van der Waals surface area (Å²) in [7, 11) is 1.66. The van der Waals surface area contributed by atoms with Crippen LogP contribution < -0.4 is 10.1 Å². The molecule has 0 saturated heterocycles. The molecule has 0 amide bonds. The summed E-state index contributed by atoms with van der Waals surface area (Å²) < 4.78 is 11.2. The van der Waals surface area contributed by atoms with E-state index >= 15 is 0 Å². The van der Waals surface area contributed by atoms with Gasteiger partial charge < -0.3 is 9.47 Å². The second-order valence-electron chi connectivity index (χ2n) is 8.37. The van der Waals surface area contributed by atoms with Gasteiger partial charge in [0.25, 0.3) is 0 Å². The highest BCUT2D eigenvalue weighted by molar-refractivity contribution is 6.30. The van der Waals surface area contributed by atoms with Crippen molar-refractivity contribution < 1.29 is 14.3 Å². The van der Waals surface area contributed by atoms with E-state index in [1.807, 2.05) is 42.5 Å². The molecule has 5 heteroatoms. The minimum Gasteiger partial charge on any atom is -0.497 e. The normalized spacial score (nSPS) is 21.4. The van der Waals surface area contributed by atoms with Crippen LogP contribution in [-0.4, -0.2) is 19.5 Å². The van der Waals surface area contributed by atoms with E-state index in [2.05, 4.69) is 18.3 Å². The second-order valence-corrected chi connectivity index (χ2v) is 8.81. The Balaban J connectivity index is 1.42. The van der Waals surface area contributed by atoms with Crippen molar-refractivity contribution in [2.75, 3.05) is 13.7 Å². The first-order valence-electron chi connectivity index (χ1n) is 10.5. The molecular formula is C25H28ClNO3. The zero-order valence-corrected chi connectivity index (χ0v) is 18.3. The molecule has 1 aliphatic carbocycles. The van der Waals surface area contributed by atoms with Gasteiger partial charge in [-0.2, -0.15) is 0 Å². The number of benzene rings is 2. The van der Waals surface area contributed by atoms with Crippen LogP contribution in [0, 0.1) is 5.92 Å². The molecule has 1 aliphatic heterocycles. The summed E-state index contributed by atoms with van der Waals surface area (Å²) in [5.74, 6) is 1.36. The van der Waals surface area contributed by atoms with E-state index in [-0.39, 0.29) is 11.3 Å². The van der Waals surface area contributed by atoms with Crippen molar-refractivity contribution in [3.63, 3.8) is 0 Å². The van der Waals surface area contributed by atoms with Crippen LogP contribution in [0.25, 0.3) is 0 Å². The highest BCUT2D eigenvalue weighted by atomic mass is 35.5. The Bertz CT molecular complexity index is 953. The third kappa shape index (κ3) is 4.31. The smallest absolute Gasteiger partial charge is 0.155 e. The number of ether oxygens (including phenoxy) is 2. The molecule has 2 aromatic rings. The van der Waals surface area contributed by atoms with Gasteiger partial charge in [-0.15, -0.1) is 0 Å². The predicted octanol–water partition coefficient (Wildman–Crippen LogP) is 5.18. The Labute approximate surface area is 183 Å². The number of rotatable bonds is 7. The van der Waals surface area contributed by atoms with Gasteiger partial charge in [-0.05, 0) is 71.4 Å². The third-order valence-corrected chi connectivity index (χ3v) is 6.37. The van der Waals surface area contributed by atoms with Gasteiger partial charge in [0.2, 0.25) is 0 Å². The standard InChI is InChI=1S/C25H28ClNO3/c1-17(15-30-16-18-3-6-23(29-2)7-4-18)11-20-13-22(28)9-10-25(20)24-8-5-21(26)12-19(24)14-27-25/h3-8,12-13,17,27H,9-11,14-16H2,1-2H3/t17-,25?/m1/s1. The summed E-state index contributed by atoms with van der Waals surface area (Å²) in [6.07, 6.45) is 4.05. The maximum absolute atomic E-state index is 12.2. The average molecular weight is 426 g/mol.